The fourth-order valence-corrected chi connectivity index (χ4v) is 2.10. The lowest BCUT2D eigenvalue weighted by molar-refractivity contribution is -0.122. The number of thiocarbonyl (C=S) groups is 1. The monoisotopic (exact) mass is 306 g/mol. The van der Waals surface area contributed by atoms with Gasteiger partial charge >= 0.3 is 0 Å². The molecular formula is C15H18N2O3S. The molecule has 0 aliphatic rings. The van der Waals surface area contributed by atoms with Gasteiger partial charge in [-0.2, -0.15) is 0 Å². The molecule has 0 bridgehead atoms. The van der Waals surface area contributed by atoms with Gasteiger partial charge in [0.15, 0.2) is 5.75 Å². The number of hydrogen-bond acceptors (Lipinski definition) is 4. The van der Waals surface area contributed by atoms with Crippen LogP contribution in [0.3, 0.4) is 0 Å². The number of para-hydroxylation sites is 1. The first-order valence-corrected chi connectivity index (χ1v) is 7.13. The number of furan rings is 1. The van der Waals surface area contributed by atoms with E-state index in [9.17, 15) is 4.79 Å². The summed E-state index contributed by atoms with van der Waals surface area (Å²) in [6.07, 6.45) is 0.258. The van der Waals surface area contributed by atoms with Gasteiger partial charge in [0.25, 0.3) is 0 Å². The van der Waals surface area contributed by atoms with Crippen LogP contribution in [0.25, 0.3) is 11.0 Å². The first-order valence-electron chi connectivity index (χ1n) is 6.72. The van der Waals surface area contributed by atoms with Crippen molar-refractivity contribution in [3.05, 3.63) is 30.0 Å². The van der Waals surface area contributed by atoms with Gasteiger partial charge in [-0.3, -0.25) is 4.79 Å². The molecule has 1 amide bonds. The van der Waals surface area contributed by atoms with Crippen LogP contribution < -0.4 is 15.8 Å². The van der Waals surface area contributed by atoms with E-state index in [1.54, 1.807) is 0 Å². The van der Waals surface area contributed by atoms with E-state index in [1.165, 1.54) is 0 Å². The third kappa shape index (κ3) is 3.72. The Morgan fingerprint density at radius 1 is 1.43 bits per heavy atom. The number of ether oxygens (including phenoxy) is 1. The van der Waals surface area contributed by atoms with Gasteiger partial charge in [0.2, 0.25) is 11.7 Å². The molecule has 0 saturated carbocycles. The Kier molecular flexibility index (Phi) is 4.80. The standard InChI is InChI=1S/C15H18N2O3S/c1-9(2)17-12(18)7-8-19-13-10-5-3-4-6-11(10)20-14(13)15(16)21/h3-6,9H,7-8H2,1-2H3,(H2,16,21)(H,17,18). The van der Waals surface area contributed by atoms with Crippen molar-refractivity contribution < 1.29 is 13.9 Å². The van der Waals surface area contributed by atoms with Crippen LogP contribution in [0.4, 0.5) is 0 Å². The summed E-state index contributed by atoms with van der Waals surface area (Å²) >= 11 is 4.97. The van der Waals surface area contributed by atoms with Crippen molar-refractivity contribution in [2.45, 2.75) is 26.3 Å². The predicted octanol–water partition coefficient (Wildman–Crippen LogP) is 2.36. The first-order chi connectivity index (χ1) is 9.99. The van der Waals surface area contributed by atoms with Crippen LogP contribution in [0.5, 0.6) is 5.75 Å². The summed E-state index contributed by atoms with van der Waals surface area (Å²) < 4.78 is 11.3. The van der Waals surface area contributed by atoms with Gasteiger partial charge in [0, 0.05) is 6.04 Å². The minimum absolute atomic E-state index is 0.0605. The molecule has 0 unspecified atom stereocenters. The fraction of sp³-hybridized carbons (Fsp3) is 0.333. The highest BCUT2D eigenvalue weighted by Crippen LogP contribution is 2.33. The van der Waals surface area contributed by atoms with Gasteiger partial charge in [-0.05, 0) is 26.0 Å². The zero-order valence-corrected chi connectivity index (χ0v) is 12.8. The second-order valence-corrected chi connectivity index (χ2v) is 5.38. The second kappa shape index (κ2) is 6.58. The highest BCUT2D eigenvalue weighted by Gasteiger charge is 2.17. The number of carbonyl (C=O) groups excluding carboxylic acids is 1. The lowest BCUT2D eigenvalue weighted by Crippen LogP contribution is -2.31. The van der Waals surface area contributed by atoms with Crippen LogP contribution >= 0.6 is 12.2 Å². The maximum Gasteiger partial charge on any atom is 0.223 e. The Morgan fingerprint density at radius 3 is 2.81 bits per heavy atom. The van der Waals surface area contributed by atoms with Crippen LogP contribution in [0.1, 0.15) is 26.0 Å². The molecule has 0 radical (unpaired) electrons. The number of hydrogen-bond donors (Lipinski definition) is 2. The van der Waals surface area contributed by atoms with Crippen LogP contribution in [-0.2, 0) is 4.79 Å². The van der Waals surface area contributed by atoms with Crippen molar-refractivity contribution in [1.82, 2.24) is 5.32 Å². The summed E-state index contributed by atoms with van der Waals surface area (Å²) in [4.78, 5) is 11.7. The molecule has 1 aromatic heterocycles. The molecule has 0 spiro atoms. The molecule has 21 heavy (non-hydrogen) atoms. The molecular weight excluding hydrogens is 288 g/mol. The quantitative estimate of drug-likeness (QED) is 0.801. The number of carbonyl (C=O) groups is 1. The van der Waals surface area contributed by atoms with E-state index < -0.39 is 0 Å². The summed E-state index contributed by atoms with van der Waals surface area (Å²) in [5.74, 6) is 0.778. The molecule has 2 aromatic rings. The number of amides is 1. The van der Waals surface area contributed by atoms with E-state index in [-0.39, 0.29) is 30.0 Å². The summed E-state index contributed by atoms with van der Waals surface area (Å²) in [6.45, 7) is 4.05. The Labute approximate surface area is 128 Å². The summed E-state index contributed by atoms with van der Waals surface area (Å²) in [5.41, 5.74) is 6.31. The number of nitrogens with two attached hydrogens (primary N) is 1. The van der Waals surface area contributed by atoms with Crippen LogP contribution in [0.2, 0.25) is 0 Å². The highest BCUT2D eigenvalue weighted by molar-refractivity contribution is 7.80. The Bertz CT molecular complexity index is 664. The van der Waals surface area contributed by atoms with Crippen molar-refractivity contribution in [2.75, 3.05) is 6.61 Å². The predicted molar refractivity (Wildman–Crippen MR) is 85.5 cm³/mol. The molecule has 0 fully saturated rings. The number of benzene rings is 1. The van der Waals surface area contributed by atoms with E-state index in [1.807, 2.05) is 38.1 Å². The Balaban J connectivity index is 2.12. The minimum atomic E-state index is -0.0605. The van der Waals surface area contributed by atoms with Gasteiger partial charge in [-0.15, -0.1) is 0 Å². The average molecular weight is 306 g/mol. The molecule has 112 valence electrons. The Hall–Kier alpha value is -2.08. The third-order valence-corrected chi connectivity index (χ3v) is 2.98. The largest absolute Gasteiger partial charge is 0.488 e. The van der Waals surface area contributed by atoms with Crippen LogP contribution in [0, 0.1) is 0 Å². The minimum Gasteiger partial charge on any atom is -0.488 e. The van der Waals surface area contributed by atoms with Crippen LogP contribution in [-0.4, -0.2) is 23.5 Å². The number of rotatable bonds is 6. The summed E-state index contributed by atoms with van der Waals surface area (Å²) in [5, 5.41) is 3.60. The van der Waals surface area contributed by atoms with Crippen molar-refractivity contribution in [3.63, 3.8) is 0 Å². The van der Waals surface area contributed by atoms with E-state index in [2.05, 4.69) is 5.32 Å². The molecule has 1 aromatic carbocycles. The molecule has 5 nitrogen and oxygen atoms in total. The lowest BCUT2D eigenvalue weighted by atomic mass is 10.2. The van der Waals surface area contributed by atoms with Crippen molar-refractivity contribution in [3.8, 4) is 5.75 Å². The molecule has 0 atom stereocenters. The lowest BCUT2D eigenvalue weighted by Gasteiger charge is -2.09. The van der Waals surface area contributed by atoms with Gasteiger partial charge in [0.1, 0.15) is 10.6 Å². The maximum atomic E-state index is 11.6. The molecule has 6 heteroatoms. The average Bonchev–Trinajstić information content (AvgIpc) is 2.77. The smallest absolute Gasteiger partial charge is 0.223 e. The zero-order chi connectivity index (χ0) is 15.4. The molecule has 0 saturated heterocycles. The molecule has 0 aliphatic carbocycles. The zero-order valence-electron chi connectivity index (χ0n) is 12.0. The normalized spacial score (nSPS) is 10.8. The van der Waals surface area contributed by atoms with E-state index in [4.69, 9.17) is 27.1 Å². The highest BCUT2D eigenvalue weighted by atomic mass is 32.1. The Morgan fingerprint density at radius 2 is 2.14 bits per heavy atom. The topological polar surface area (TPSA) is 77.5 Å². The number of fused-ring (bicyclic) bond motifs is 1. The van der Waals surface area contributed by atoms with Crippen molar-refractivity contribution >= 4 is 34.1 Å². The van der Waals surface area contributed by atoms with Crippen LogP contribution in [0.15, 0.2) is 28.7 Å². The van der Waals surface area contributed by atoms with Gasteiger partial charge in [-0.25, -0.2) is 0 Å². The maximum absolute atomic E-state index is 11.6. The van der Waals surface area contributed by atoms with Gasteiger partial charge in [-0.1, -0.05) is 24.4 Å². The first kappa shape index (κ1) is 15.3. The summed E-state index contributed by atoms with van der Waals surface area (Å²) in [7, 11) is 0. The number of nitrogens with one attached hydrogen (secondary N) is 1. The third-order valence-electron chi connectivity index (χ3n) is 2.80. The van der Waals surface area contributed by atoms with E-state index in [0.717, 1.165) is 5.39 Å². The van der Waals surface area contributed by atoms with Gasteiger partial charge in [0.05, 0.1) is 18.4 Å². The molecule has 1 heterocycles. The summed E-state index contributed by atoms with van der Waals surface area (Å²) in [6, 6.07) is 7.52. The van der Waals surface area contributed by atoms with E-state index >= 15 is 0 Å². The van der Waals surface area contributed by atoms with Crippen molar-refractivity contribution in [2.24, 2.45) is 5.73 Å². The molecule has 3 N–H and O–H groups in total. The fourth-order valence-electron chi connectivity index (χ4n) is 1.97. The SMILES string of the molecule is CC(C)NC(=O)CCOc1c(C(N)=S)oc2ccccc12. The van der Waals surface area contributed by atoms with Crippen molar-refractivity contribution in [1.29, 1.82) is 0 Å². The van der Waals surface area contributed by atoms with E-state index in [0.29, 0.717) is 17.1 Å². The molecule has 0 aliphatic heterocycles. The van der Waals surface area contributed by atoms with Gasteiger partial charge < -0.3 is 20.2 Å². The second-order valence-electron chi connectivity index (χ2n) is 4.94. The molecule has 2 rings (SSSR count).